The van der Waals surface area contributed by atoms with Crippen LogP contribution < -0.4 is 0 Å². The Balaban J connectivity index is 1.45. The van der Waals surface area contributed by atoms with Crippen molar-refractivity contribution in [2.24, 2.45) is 0 Å². The van der Waals surface area contributed by atoms with Crippen molar-refractivity contribution in [2.45, 2.75) is 0 Å². The number of para-hydroxylation sites is 3. The summed E-state index contributed by atoms with van der Waals surface area (Å²) in [6.45, 7) is 0. The molecular formula is C43H27N5. The minimum atomic E-state index is 0.632. The first-order valence-electron chi connectivity index (χ1n) is 16.1. The summed E-state index contributed by atoms with van der Waals surface area (Å²) in [7, 11) is 0. The van der Waals surface area contributed by atoms with Gasteiger partial charge in [-0.3, -0.25) is 9.55 Å². The highest BCUT2D eigenvalue weighted by Crippen LogP contribution is 2.46. The van der Waals surface area contributed by atoms with Crippen molar-refractivity contribution in [3.8, 4) is 34.2 Å². The molecule has 0 unspecified atom stereocenters. The van der Waals surface area contributed by atoms with Crippen LogP contribution in [-0.4, -0.2) is 24.1 Å². The van der Waals surface area contributed by atoms with E-state index >= 15 is 0 Å². The molecule has 0 aliphatic rings. The van der Waals surface area contributed by atoms with E-state index in [0.717, 1.165) is 71.8 Å². The number of hydrogen-bond acceptors (Lipinski definition) is 3. The molecule has 10 aromatic rings. The number of fused-ring (bicyclic) bond motifs is 10. The Morgan fingerprint density at radius 2 is 0.958 bits per heavy atom. The first-order chi connectivity index (χ1) is 23.8. The molecule has 0 saturated carbocycles. The predicted octanol–water partition coefficient (Wildman–Crippen LogP) is 10.6. The van der Waals surface area contributed by atoms with Gasteiger partial charge in [-0.15, -0.1) is 0 Å². The Bertz CT molecular complexity index is 2760. The van der Waals surface area contributed by atoms with E-state index < -0.39 is 0 Å². The molecule has 224 valence electrons. The van der Waals surface area contributed by atoms with Crippen LogP contribution in [0, 0.1) is 0 Å². The minimum absolute atomic E-state index is 0.632. The predicted molar refractivity (Wildman–Crippen MR) is 197 cm³/mol. The fourth-order valence-electron chi connectivity index (χ4n) is 7.39. The largest absolute Gasteiger partial charge is 0.308 e. The van der Waals surface area contributed by atoms with E-state index in [9.17, 15) is 0 Å². The molecule has 4 aromatic heterocycles. The number of benzene rings is 6. The summed E-state index contributed by atoms with van der Waals surface area (Å²) in [6.07, 6.45) is 3.91. The van der Waals surface area contributed by atoms with Gasteiger partial charge in [-0.25, -0.2) is 9.97 Å². The third kappa shape index (κ3) is 3.88. The summed E-state index contributed by atoms with van der Waals surface area (Å²) in [6, 6.07) is 52.9. The van der Waals surface area contributed by atoms with Crippen molar-refractivity contribution >= 4 is 54.4 Å². The summed E-state index contributed by atoms with van der Waals surface area (Å²) in [5.41, 5.74) is 9.32. The van der Waals surface area contributed by atoms with E-state index in [-0.39, 0.29) is 0 Å². The first kappa shape index (κ1) is 26.6. The summed E-state index contributed by atoms with van der Waals surface area (Å²) in [4.78, 5) is 15.3. The number of pyridine rings is 1. The van der Waals surface area contributed by atoms with Crippen molar-refractivity contribution in [1.82, 2.24) is 24.1 Å². The standard InChI is InChI=1S/C43H27N5/c1-4-14-28(15-5-1)35-26-36(29-16-6-2-7-17-29)46-43(45-35)48-38-23-13-10-20-32(38)39-31-24-25-44-27-34(31)41-40(42(39)48)33-21-11-12-22-37(33)47(41)30-18-8-3-9-19-30/h1-27H. The number of aromatic nitrogens is 5. The van der Waals surface area contributed by atoms with E-state index in [1.165, 1.54) is 10.8 Å². The quantitative estimate of drug-likeness (QED) is 0.198. The number of rotatable bonds is 4. The maximum Gasteiger partial charge on any atom is 0.235 e. The lowest BCUT2D eigenvalue weighted by atomic mass is 10.0. The maximum absolute atomic E-state index is 5.34. The number of hydrogen-bond donors (Lipinski definition) is 0. The maximum atomic E-state index is 5.34. The van der Waals surface area contributed by atoms with Crippen LogP contribution in [0.1, 0.15) is 0 Å². The lowest BCUT2D eigenvalue weighted by molar-refractivity contribution is 0.998. The topological polar surface area (TPSA) is 48.5 Å². The molecular weight excluding hydrogens is 587 g/mol. The zero-order valence-electron chi connectivity index (χ0n) is 25.8. The van der Waals surface area contributed by atoms with Gasteiger partial charge in [0.1, 0.15) is 0 Å². The highest BCUT2D eigenvalue weighted by Gasteiger charge is 2.25. The van der Waals surface area contributed by atoms with Gasteiger partial charge in [0.05, 0.1) is 33.5 Å². The zero-order chi connectivity index (χ0) is 31.6. The van der Waals surface area contributed by atoms with Crippen molar-refractivity contribution in [1.29, 1.82) is 0 Å². The van der Waals surface area contributed by atoms with E-state index in [0.29, 0.717) is 5.95 Å². The molecule has 0 spiro atoms. The van der Waals surface area contributed by atoms with Gasteiger partial charge in [-0.1, -0.05) is 115 Å². The highest BCUT2D eigenvalue weighted by molar-refractivity contribution is 6.36. The Kier molecular flexibility index (Phi) is 5.81. The van der Waals surface area contributed by atoms with E-state index in [4.69, 9.17) is 9.97 Å². The smallest absolute Gasteiger partial charge is 0.235 e. The second kappa shape index (κ2) is 10.5. The fraction of sp³-hybridized carbons (Fsp3) is 0. The highest BCUT2D eigenvalue weighted by atomic mass is 15.2. The van der Waals surface area contributed by atoms with Gasteiger partial charge in [0, 0.05) is 56.1 Å². The van der Waals surface area contributed by atoms with E-state index in [1.807, 2.05) is 24.5 Å². The van der Waals surface area contributed by atoms with Crippen LogP contribution in [0.4, 0.5) is 0 Å². The molecule has 0 saturated heterocycles. The van der Waals surface area contributed by atoms with Crippen LogP contribution in [0.15, 0.2) is 164 Å². The lowest BCUT2D eigenvalue weighted by Crippen LogP contribution is -2.04. The first-order valence-corrected chi connectivity index (χ1v) is 16.1. The Hall–Kier alpha value is -6.59. The molecule has 0 atom stereocenters. The SMILES string of the molecule is c1ccc(-c2cc(-c3ccccc3)nc(-n3c4ccccc4c4c5ccncc5c5c(c6ccccc6n5-c5ccccc5)c43)n2)cc1. The second-order valence-corrected chi connectivity index (χ2v) is 12.1. The third-order valence-corrected chi connectivity index (χ3v) is 9.40. The summed E-state index contributed by atoms with van der Waals surface area (Å²) in [5.74, 6) is 0.632. The van der Waals surface area contributed by atoms with E-state index in [2.05, 4.69) is 154 Å². The summed E-state index contributed by atoms with van der Waals surface area (Å²) >= 11 is 0. The van der Waals surface area contributed by atoms with Crippen molar-refractivity contribution < 1.29 is 0 Å². The molecule has 10 rings (SSSR count). The monoisotopic (exact) mass is 613 g/mol. The Morgan fingerprint density at radius 3 is 1.60 bits per heavy atom. The third-order valence-electron chi connectivity index (χ3n) is 9.40. The second-order valence-electron chi connectivity index (χ2n) is 12.1. The molecule has 0 bridgehead atoms. The van der Waals surface area contributed by atoms with Gasteiger partial charge >= 0.3 is 0 Å². The van der Waals surface area contributed by atoms with Crippen molar-refractivity contribution in [2.75, 3.05) is 0 Å². The molecule has 0 N–H and O–H groups in total. The van der Waals surface area contributed by atoms with Gasteiger partial charge in [0.15, 0.2) is 0 Å². The average molecular weight is 614 g/mol. The van der Waals surface area contributed by atoms with Gasteiger partial charge < -0.3 is 4.57 Å². The van der Waals surface area contributed by atoms with Crippen LogP contribution in [0.3, 0.4) is 0 Å². The fourth-order valence-corrected chi connectivity index (χ4v) is 7.39. The Morgan fingerprint density at radius 1 is 0.417 bits per heavy atom. The zero-order valence-corrected chi connectivity index (χ0v) is 25.8. The molecule has 0 aliphatic carbocycles. The molecule has 5 nitrogen and oxygen atoms in total. The minimum Gasteiger partial charge on any atom is -0.308 e. The van der Waals surface area contributed by atoms with Crippen molar-refractivity contribution in [3.05, 3.63) is 164 Å². The molecule has 5 heteroatoms. The van der Waals surface area contributed by atoms with Gasteiger partial charge in [-0.05, 0) is 41.8 Å². The van der Waals surface area contributed by atoms with Crippen LogP contribution in [0.2, 0.25) is 0 Å². The van der Waals surface area contributed by atoms with E-state index in [1.54, 1.807) is 0 Å². The molecule has 0 fully saturated rings. The molecule has 4 heterocycles. The molecule has 0 radical (unpaired) electrons. The summed E-state index contributed by atoms with van der Waals surface area (Å²) in [5, 5.41) is 6.88. The molecule has 48 heavy (non-hydrogen) atoms. The Labute approximate surface area is 276 Å². The van der Waals surface area contributed by atoms with Crippen LogP contribution in [0.25, 0.3) is 88.5 Å². The molecule has 6 aromatic carbocycles. The molecule has 0 aliphatic heterocycles. The number of nitrogens with zero attached hydrogens (tertiary/aromatic N) is 5. The van der Waals surface area contributed by atoms with Gasteiger partial charge in [0.2, 0.25) is 5.95 Å². The van der Waals surface area contributed by atoms with Crippen LogP contribution >= 0.6 is 0 Å². The normalized spacial score (nSPS) is 11.8. The van der Waals surface area contributed by atoms with Crippen LogP contribution in [0.5, 0.6) is 0 Å². The lowest BCUT2D eigenvalue weighted by Gasteiger charge is -2.13. The van der Waals surface area contributed by atoms with Crippen LogP contribution in [-0.2, 0) is 0 Å². The molecule has 0 amide bonds. The van der Waals surface area contributed by atoms with Gasteiger partial charge in [0.25, 0.3) is 0 Å². The summed E-state index contributed by atoms with van der Waals surface area (Å²) < 4.78 is 4.67. The average Bonchev–Trinajstić information content (AvgIpc) is 3.70. The van der Waals surface area contributed by atoms with Crippen molar-refractivity contribution in [3.63, 3.8) is 0 Å². The van der Waals surface area contributed by atoms with Gasteiger partial charge in [-0.2, -0.15) is 0 Å².